The Bertz CT molecular complexity index is 974. The van der Waals surface area contributed by atoms with Crippen molar-refractivity contribution in [1.29, 1.82) is 0 Å². The average Bonchev–Trinajstić information content (AvgIpc) is 3.25. The van der Waals surface area contributed by atoms with Crippen LogP contribution in [0.4, 0.5) is 0 Å². The summed E-state index contributed by atoms with van der Waals surface area (Å²) in [4.78, 5) is 4.95. The molecule has 0 atom stereocenters. The van der Waals surface area contributed by atoms with E-state index in [1.165, 1.54) is 10.4 Å². The Hall–Kier alpha value is -2.04. The van der Waals surface area contributed by atoms with Crippen LogP contribution in [0.15, 0.2) is 48.8 Å². The number of pyridine rings is 1. The minimum atomic E-state index is -0.853. The van der Waals surface area contributed by atoms with Crippen LogP contribution in [0.25, 0.3) is 26.9 Å². The van der Waals surface area contributed by atoms with E-state index in [1.54, 1.807) is 32.6 Å². The van der Waals surface area contributed by atoms with Crippen molar-refractivity contribution in [1.82, 2.24) is 24.8 Å². The SMILES string of the molecule is CC[As](CC)c1ccc(-c2nn3c(-c4cccnc4)nnc3s2)cc1. The van der Waals surface area contributed by atoms with Crippen molar-refractivity contribution in [2.75, 3.05) is 0 Å². The van der Waals surface area contributed by atoms with Crippen LogP contribution in [-0.2, 0) is 0 Å². The van der Waals surface area contributed by atoms with Gasteiger partial charge in [0.05, 0.1) is 0 Å². The average molecular weight is 411 g/mol. The summed E-state index contributed by atoms with van der Waals surface area (Å²) in [5, 5.41) is 16.8. The van der Waals surface area contributed by atoms with Crippen molar-refractivity contribution in [3.05, 3.63) is 48.8 Å². The fourth-order valence-electron chi connectivity index (χ4n) is 2.81. The molecule has 0 saturated heterocycles. The summed E-state index contributed by atoms with van der Waals surface area (Å²) >= 11 is 0.708. The van der Waals surface area contributed by atoms with E-state index in [0.29, 0.717) is 0 Å². The van der Waals surface area contributed by atoms with Gasteiger partial charge in [-0.2, -0.15) is 0 Å². The molecule has 25 heavy (non-hydrogen) atoms. The van der Waals surface area contributed by atoms with Crippen molar-refractivity contribution in [3.63, 3.8) is 0 Å². The van der Waals surface area contributed by atoms with Gasteiger partial charge in [-0.05, 0) is 0 Å². The third-order valence-electron chi connectivity index (χ3n) is 4.15. The van der Waals surface area contributed by atoms with E-state index < -0.39 is 14.7 Å². The van der Waals surface area contributed by atoms with Crippen LogP contribution in [0.5, 0.6) is 0 Å². The van der Waals surface area contributed by atoms with Gasteiger partial charge in [-0.15, -0.1) is 0 Å². The molecule has 0 N–H and O–H groups in total. The van der Waals surface area contributed by atoms with Gasteiger partial charge >= 0.3 is 155 Å². The minimum absolute atomic E-state index is 0.729. The first-order valence-electron chi connectivity index (χ1n) is 8.28. The van der Waals surface area contributed by atoms with Crippen LogP contribution in [0.1, 0.15) is 13.8 Å². The van der Waals surface area contributed by atoms with E-state index in [-0.39, 0.29) is 0 Å². The predicted octanol–water partition coefficient (Wildman–Crippen LogP) is 3.66. The third kappa shape index (κ3) is 3.12. The zero-order valence-electron chi connectivity index (χ0n) is 14.1. The van der Waals surface area contributed by atoms with Crippen LogP contribution in [-0.4, -0.2) is 39.4 Å². The van der Waals surface area contributed by atoms with Gasteiger partial charge < -0.3 is 0 Å². The Morgan fingerprint density at radius 2 is 1.80 bits per heavy atom. The molecule has 0 unspecified atom stereocenters. The van der Waals surface area contributed by atoms with Crippen molar-refractivity contribution < 1.29 is 0 Å². The number of nitrogens with zero attached hydrogens (tertiary/aromatic N) is 5. The van der Waals surface area contributed by atoms with Crippen LogP contribution in [0, 0.1) is 0 Å². The Balaban J connectivity index is 1.70. The topological polar surface area (TPSA) is 56.0 Å². The number of hydrogen-bond donors (Lipinski definition) is 0. The molecule has 7 heteroatoms. The Labute approximate surface area is 155 Å². The zero-order chi connectivity index (χ0) is 17.2. The maximum atomic E-state index is 4.73. The summed E-state index contributed by atoms with van der Waals surface area (Å²) in [7, 11) is 0. The van der Waals surface area contributed by atoms with Gasteiger partial charge in [0.2, 0.25) is 0 Å². The molecule has 0 aliphatic rings. The van der Waals surface area contributed by atoms with Crippen LogP contribution in [0.3, 0.4) is 0 Å². The third-order valence-corrected chi connectivity index (χ3v) is 10.5. The summed E-state index contributed by atoms with van der Waals surface area (Å²) in [5.74, 6) is 0.729. The molecule has 0 aliphatic carbocycles. The second-order valence-electron chi connectivity index (χ2n) is 5.59. The molecule has 5 nitrogen and oxygen atoms in total. The molecule has 0 saturated carbocycles. The van der Waals surface area contributed by atoms with Crippen LogP contribution in [0.2, 0.25) is 10.4 Å². The quantitative estimate of drug-likeness (QED) is 0.471. The van der Waals surface area contributed by atoms with Gasteiger partial charge in [-0.25, -0.2) is 0 Å². The van der Waals surface area contributed by atoms with Gasteiger partial charge in [0.25, 0.3) is 0 Å². The molecular formula is C18H18AsN5S. The summed E-state index contributed by atoms with van der Waals surface area (Å²) in [6.45, 7) is 4.61. The molecule has 0 aliphatic heterocycles. The fraction of sp³-hybridized carbons (Fsp3) is 0.222. The van der Waals surface area contributed by atoms with Gasteiger partial charge in [0.15, 0.2) is 0 Å². The Morgan fingerprint density at radius 1 is 1.00 bits per heavy atom. The fourth-order valence-corrected chi connectivity index (χ4v) is 7.32. The van der Waals surface area contributed by atoms with Crippen molar-refractivity contribution in [2.45, 2.75) is 24.3 Å². The molecule has 0 amide bonds. The normalized spacial score (nSPS) is 11.5. The molecule has 0 radical (unpaired) electrons. The van der Waals surface area contributed by atoms with Gasteiger partial charge in [0, 0.05) is 0 Å². The Morgan fingerprint density at radius 3 is 2.48 bits per heavy atom. The molecular weight excluding hydrogens is 393 g/mol. The van der Waals surface area contributed by atoms with E-state index in [4.69, 9.17) is 5.10 Å². The molecule has 0 spiro atoms. The van der Waals surface area contributed by atoms with Crippen LogP contribution < -0.4 is 4.35 Å². The summed E-state index contributed by atoms with van der Waals surface area (Å²) in [5.41, 5.74) is 2.06. The molecule has 126 valence electrons. The van der Waals surface area contributed by atoms with Gasteiger partial charge in [-0.1, -0.05) is 0 Å². The standard InChI is InChI=1S/C18H18AsN5S/c1-3-19(4-2)15-9-7-13(8-10-15)17-23-24-16(21-22-18(24)25-17)14-6-5-11-20-12-14/h5-12H,3-4H2,1-2H3. The summed E-state index contributed by atoms with van der Waals surface area (Å²) in [6, 6.07) is 12.8. The number of rotatable bonds is 5. The van der Waals surface area contributed by atoms with E-state index in [9.17, 15) is 0 Å². The van der Waals surface area contributed by atoms with Crippen LogP contribution >= 0.6 is 11.3 Å². The second kappa shape index (κ2) is 7.06. The number of benzene rings is 1. The Kier molecular flexibility index (Phi) is 4.64. The van der Waals surface area contributed by atoms with E-state index >= 15 is 0 Å². The van der Waals surface area contributed by atoms with Gasteiger partial charge in [-0.3, -0.25) is 0 Å². The number of aromatic nitrogens is 5. The van der Waals surface area contributed by atoms with Crippen molar-refractivity contribution in [3.8, 4) is 22.0 Å². The molecule has 0 bridgehead atoms. The monoisotopic (exact) mass is 411 g/mol. The first kappa shape index (κ1) is 16.4. The zero-order valence-corrected chi connectivity index (χ0v) is 16.8. The summed E-state index contributed by atoms with van der Waals surface area (Å²) in [6.07, 6.45) is 3.53. The first-order chi connectivity index (χ1) is 12.3. The van der Waals surface area contributed by atoms with Crippen molar-refractivity contribution in [2.24, 2.45) is 0 Å². The molecule has 4 aromatic rings. The second-order valence-corrected chi connectivity index (χ2v) is 12.5. The molecule has 3 heterocycles. The maximum absolute atomic E-state index is 4.73. The molecule has 3 aromatic heterocycles. The molecule has 1 aromatic carbocycles. The summed E-state index contributed by atoms with van der Waals surface area (Å²) < 4.78 is 3.35. The molecule has 0 fully saturated rings. The van der Waals surface area contributed by atoms with Gasteiger partial charge in [0.1, 0.15) is 0 Å². The van der Waals surface area contributed by atoms with E-state index in [1.807, 2.05) is 12.1 Å². The first-order valence-corrected chi connectivity index (χ1v) is 12.7. The predicted molar refractivity (Wildman–Crippen MR) is 104 cm³/mol. The number of hydrogen-bond acceptors (Lipinski definition) is 5. The molecule has 4 rings (SSSR count). The number of fused-ring (bicyclic) bond motifs is 1. The van der Waals surface area contributed by atoms with E-state index in [0.717, 1.165) is 26.9 Å². The van der Waals surface area contributed by atoms with Crippen molar-refractivity contribution >= 4 is 35.3 Å². The van der Waals surface area contributed by atoms with E-state index in [2.05, 4.69) is 53.3 Å².